The van der Waals surface area contributed by atoms with Crippen LogP contribution in [0.3, 0.4) is 0 Å². The number of benzene rings is 1. The highest BCUT2D eigenvalue weighted by Crippen LogP contribution is 2.40. The summed E-state index contributed by atoms with van der Waals surface area (Å²) in [5, 5.41) is -0.0320. The molecule has 2 aliphatic rings. The fourth-order valence-corrected chi connectivity index (χ4v) is 4.12. The summed E-state index contributed by atoms with van der Waals surface area (Å²) in [5.74, 6) is -1.72. The molecule has 0 radical (unpaired) electrons. The number of carbonyl (C=O) groups is 2. The summed E-state index contributed by atoms with van der Waals surface area (Å²) in [6.45, 7) is 13.9. The minimum Gasteiger partial charge on any atom is -0.452 e. The third kappa shape index (κ3) is 4.83. The van der Waals surface area contributed by atoms with Gasteiger partial charge in [-0.2, -0.15) is 0 Å². The maximum atomic E-state index is 13.0. The van der Waals surface area contributed by atoms with E-state index in [4.69, 9.17) is 23.4 Å². The first kappa shape index (κ1) is 23.1. The Hall–Kier alpha value is -1.58. The van der Waals surface area contributed by atoms with Gasteiger partial charge in [0.05, 0.1) is 12.2 Å². The van der Waals surface area contributed by atoms with Crippen LogP contribution < -0.4 is 0 Å². The molecule has 2 saturated heterocycles. The average molecular weight is 437 g/mol. The molecule has 0 N–H and O–H groups in total. The summed E-state index contributed by atoms with van der Waals surface area (Å²) in [7, 11) is -2.12. The lowest BCUT2D eigenvalue weighted by molar-refractivity contribution is -0.214. The van der Waals surface area contributed by atoms with Crippen LogP contribution in [0.1, 0.15) is 45.0 Å². The van der Waals surface area contributed by atoms with Crippen LogP contribution in [0.5, 0.6) is 0 Å². The van der Waals surface area contributed by atoms with Gasteiger partial charge in [-0.05, 0) is 44.1 Å². The summed E-state index contributed by atoms with van der Waals surface area (Å²) in [6, 6.07) is 8.62. The highest BCUT2D eigenvalue weighted by atomic mass is 28.4. The quantitative estimate of drug-likeness (QED) is 0.497. The highest BCUT2D eigenvalue weighted by Gasteiger charge is 2.58. The van der Waals surface area contributed by atoms with Crippen molar-refractivity contribution in [1.82, 2.24) is 0 Å². The zero-order valence-corrected chi connectivity index (χ0v) is 19.8. The first-order valence-electron chi connectivity index (χ1n) is 10.2. The largest absolute Gasteiger partial charge is 0.452 e. The van der Waals surface area contributed by atoms with Crippen molar-refractivity contribution in [3.05, 3.63) is 35.9 Å². The number of carbonyl (C=O) groups excluding carboxylic acids is 2. The molecule has 4 atom stereocenters. The molecule has 0 spiro atoms. The molecular weight excluding hydrogens is 404 g/mol. The molecule has 3 rings (SSSR count). The van der Waals surface area contributed by atoms with Gasteiger partial charge in [-0.15, -0.1) is 0 Å². The van der Waals surface area contributed by atoms with Crippen molar-refractivity contribution < 1.29 is 33.0 Å². The number of rotatable bonds is 6. The summed E-state index contributed by atoms with van der Waals surface area (Å²) >= 11 is 0. The molecule has 0 amide bonds. The van der Waals surface area contributed by atoms with Gasteiger partial charge in [-0.25, -0.2) is 4.79 Å². The van der Waals surface area contributed by atoms with E-state index in [0.717, 1.165) is 0 Å². The molecule has 0 aromatic heterocycles. The summed E-state index contributed by atoms with van der Waals surface area (Å²) in [6.07, 6.45) is -3.39. The standard InChI is InChI=1S/C22H32O7Si/c1-21(2,3)30(6,7)25-13-15(23)16-17(18-20(27-16)29-22(4,5)28-18)26-19(24)14-11-9-8-10-12-14/h8-12,16-18,20H,13H2,1-7H3/t16-,17+,18-,20-/m1/s1. The number of hydrogen-bond acceptors (Lipinski definition) is 7. The SMILES string of the molecule is CC1(C)O[C@H]2O[C@H](C(=O)CO[Si](C)(C)C(C)(C)C)[C@H](OC(=O)c3ccccc3)[C@H]2O1. The first-order chi connectivity index (χ1) is 13.8. The third-order valence-corrected chi connectivity index (χ3v) is 10.4. The number of Topliss-reactive ketones (excluding diaryl/α,β-unsaturated/α-hetero) is 1. The molecule has 2 aliphatic heterocycles. The molecule has 1 aromatic rings. The lowest BCUT2D eigenvalue weighted by Gasteiger charge is -2.36. The van der Waals surface area contributed by atoms with E-state index in [2.05, 4.69) is 33.9 Å². The van der Waals surface area contributed by atoms with Crippen molar-refractivity contribution in [3.63, 3.8) is 0 Å². The zero-order valence-electron chi connectivity index (χ0n) is 18.8. The Kier molecular flexibility index (Phi) is 6.28. The van der Waals surface area contributed by atoms with Gasteiger partial charge in [0.1, 0.15) is 0 Å². The Bertz CT molecular complexity index is 784. The Balaban J connectivity index is 1.75. The minimum absolute atomic E-state index is 0.0320. The van der Waals surface area contributed by atoms with Crippen LogP contribution in [0.4, 0.5) is 0 Å². The van der Waals surface area contributed by atoms with Crippen molar-refractivity contribution in [2.24, 2.45) is 0 Å². The number of hydrogen-bond donors (Lipinski definition) is 0. The van der Waals surface area contributed by atoms with Crippen LogP contribution in [0.25, 0.3) is 0 Å². The predicted octanol–water partition coefficient (Wildman–Crippen LogP) is 3.68. The van der Waals surface area contributed by atoms with E-state index < -0.39 is 44.7 Å². The molecule has 0 aliphatic carbocycles. The summed E-state index contributed by atoms with van der Waals surface area (Å²) in [5.41, 5.74) is 0.392. The Morgan fingerprint density at radius 2 is 1.73 bits per heavy atom. The van der Waals surface area contributed by atoms with Gasteiger partial charge in [0.25, 0.3) is 0 Å². The molecule has 30 heavy (non-hydrogen) atoms. The molecule has 2 fully saturated rings. The van der Waals surface area contributed by atoms with Gasteiger partial charge in [0, 0.05) is 0 Å². The van der Waals surface area contributed by atoms with Gasteiger partial charge in [0.2, 0.25) is 0 Å². The van der Waals surface area contributed by atoms with E-state index in [1.54, 1.807) is 38.1 Å². The maximum absolute atomic E-state index is 13.0. The molecule has 166 valence electrons. The molecule has 7 nitrogen and oxygen atoms in total. The summed E-state index contributed by atoms with van der Waals surface area (Å²) < 4.78 is 29.2. The Labute approximate surface area is 179 Å². The van der Waals surface area contributed by atoms with Crippen LogP contribution in [-0.2, 0) is 28.2 Å². The molecular formula is C22H32O7Si. The third-order valence-electron chi connectivity index (χ3n) is 5.94. The van der Waals surface area contributed by atoms with E-state index in [1.165, 1.54) is 0 Å². The van der Waals surface area contributed by atoms with Crippen LogP contribution in [-0.4, -0.2) is 57.1 Å². The van der Waals surface area contributed by atoms with Gasteiger partial charge in [-0.1, -0.05) is 39.0 Å². The number of ketones is 1. The van der Waals surface area contributed by atoms with Crippen molar-refractivity contribution in [2.45, 2.75) is 83.1 Å². The second-order valence-corrected chi connectivity index (χ2v) is 14.6. The summed E-state index contributed by atoms with van der Waals surface area (Å²) in [4.78, 5) is 25.7. The lowest BCUT2D eigenvalue weighted by Crippen LogP contribution is -2.46. The minimum atomic E-state index is -2.12. The predicted molar refractivity (Wildman–Crippen MR) is 112 cm³/mol. The maximum Gasteiger partial charge on any atom is 0.338 e. The number of ether oxygens (including phenoxy) is 4. The normalized spacial score (nSPS) is 28.2. The van der Waals surface area contributed by atoms with Crippen LogP contribution in [0.2, 0.25) is 18.1 Å². The number of esters is 1. The fourth-order valence-electron chi connectivity index (χ4n) is 3.18. The monoisotopic (exact) mass is 436 g/mol. The van der Waals surface area contributed by atoms with E-state index in [-0.39, 0.29) is 17.4 Å². The first-order valence-corrected chi connectivity index (χ1v) is 13.2. The Morgan fingerprint density at radius 1 is 1.10 bits per heavy atom. The smallest absolute Gasteiger partial charge is 0.338 e. The van der Waals surface area contributed by atoms with E-state index in [0.29, 0.717) is 5.56 Å². The van der Waals surface area contributed by atoms with Crippen LogP contribution in [0, 0.1) is 0 Å². The van der Waals surface area contributed by atoms with Crippen molar-refractivity contribution in [2.75, 3.05) is 6.61 Å². The lowest BCUT2D eigenvalue weighted by atomic mass is 10.1. The zero-order chi connectivity index (χ0) is 22.3. The molecule has 8 heteroatoms. The fraction of sp³-hybridized carbons (Fsp3) is 0.636. The molecule has 0 bridgehead atoms. The Morgan fingerprint density at radius 3 is 2.33 bits per heavy atom. The van der Waals surface area contributed by atoms with Gasteiger partial charge < -0.3 is 23.4 Å². The van der Waals surface area contributed by atoms with Crippen molar-refractivity contribution in [3.8, 4) is 0 Å². The highest BCUT2D eigenvalue weighted by molar-refractivity contribution is 6.74. The van der Waals surface area contributed by atoms with E-state index in [1.807, 2.05) is 6.07 Å². The van der Waals surface area contributed by atoms with Crippen LogP contribution in [0.15, 0.2) is 30.3 Å². The van der Waals surface area contributed by atoms with Crippen molar-refractivity contribution >= 4 is 20.1 Å². The number of fused-ring (bicyclic) bond motifs is 1. The van der Waals surface area contributed by atoms with E-state index >= 15 is 0 Å². The van der Waals surface area contributed by atoms with Crippen LogP contribution >= 0.6 is 0 Å². The molecule has 2 heterocycles. The molecule has 1 aromatic carbocycles. The molecule has 0 saturated carbocycles. The molecule has 0 unspecified atom stereocenters. The van der Waals surface area contributed by atoms with Crippen molar-refractivity contribution in [1.29, 1.82) is 0 Å². The topological polar surface area (TPSA) is 80.3 Å². The second-order valence-electron chi connectivity index (χ2n) is 9.78. The average Bonchev–Trinajstić information content (AvgIpc) is 3.12. The van der Waals surface area contributed by atoms with Gasteiger partial charge in [0.15, 0.2) is 44.5 Å². The van der Waals surface area contributed by atoms with E-state index in [9.17, 15) is 9.59 Å². The second kappa shape index (κ2) is 8.16. The van der Waals surface area contributed by atoms with Gasteiger partial charge in [-0.3, -0.25) is 4.79 Å². The van der Waals surface area contributed by atoms with Gasteiger partial charge >= 0.3 is 5.97 Å².